The Kier molecular flexibility index (Phi) is 2.07. The minimum absolute atomic E-state index is 0.0399. The van der Waals surface area contributed by atoms with Crippen LogP contribution in [-0.4, -0.2) is 4.98 Å². The van der Waals surface area contributed by atoms with Crippen LogP contribution in [0.25, 0.3) is 10.9 Å². The molecule has 2 rings (SSSR count). The number of nitrogens with one attached hydrogen (secondary N) is 1. The third kappa shape index (κ3) is 1.46. The molecule has 1 N–H and O–H groups in total. The molecule has 0 saturated heterocycles. The molecule has 68 valence electrons. The minimum atomic E-state index is -2.45. The fourth-order valence-corrected chi connectivity index (χ4v) is 1.74. The van der Waals surface area contributed by atoms with E-state index in [0.29, 0.717) is 0 Å². The molecule has 0 aliphatic carbocycles. The van der Waals surface area contributed by atoms with Crippen molar-refractivity contribution in [3.8, 4) is 0 Å². The van der Waals surface area contributed by atoms with Gasteiger partial charge in [-0.05, 0) is 28.1 Å². The number of alkyl halides is 2. The molecule has 2 aromatic rings. The number of hydrogen-bond acceptors (Lipinski definition) is 0. The molecule has 0 spiro atoms. The maximum Gasteiger partial charge on any atom is 0.278 e. The maximum atomic E-state index is 12.3. The smallest absolute Gasteiger partial charge is 0.278 e. The van der Waals surface area contributed by atoms with Gasteiger partial charge in [0.2, 0.25) is 0 Å². The summed E-state index contributed by atoms with van der Waals surface area (Å²) < 4.78 is 25.4. The minimum Gasteiger partial charge on any atom is -0.353 e. The molecule has 0 unspecified atom stereocenters. The zero-order chi connectivity index (χ0) is 9.42. The molecule has 0 radical (unpaired) electrons. The third-order valence-electron chi connectivity index (χ3n) is 1.86. The summed E-state index contributed by atoms with van der Waals surface area (Å²) in [5.41, 5.74) is 0.680. The van der Waals surface area contributed by atoms with E-state index in [1.807, 2.05) is 12.1 Å². The van der Waals surface area contributed by atoms with Gasteiger partial charge in [-0.15, -0.1) is 0 Å². The SMILES string of the molecule is FC(F)c1cc2cccc(Br)c2[nH]1. The number of aromatic nitrogens is 1. The summed E-state index contributed by atoms with van der Waals surface area (Å²) in [4.78, 5) is 2.67. The average Bonchev–Trinajstić information content (AvgIpc) is 2.49. The quantitative estimate of drug-likeness (QED) is 0.786. The summed E-state index contributed by atoms with van der Waals surface area (Å²) in [5, 5.41) is 0.796. The monoisotopic (exact) mass is 245 g/mol. The van der Waals surface area contributed by atoms with Crippen LogP contribution in [0.15, 0.2) is 28.7 Å². The summed E-state index contributed by atoms with van der Waals surface area (Å²) >= 11 is 3.28. The van der Waals surface area contributed by atoms with Crippen molar-refractivity contribution in [2.75, 3.05) is 0 Å². The van der Waals surface area contributed by atoms with Gasteiger partial charge in [-0.2, -0.15) is 0 Å². The fraction of sp³-hybridized carbons (Fsp3) is 0.111. The largest absolute Gasteiger partial charge is 0.353 e. The van der Waals surface area contributed by atoms with Crippen LogP contribution in [-0.2, 0) is 0 Å². The third-order valence-corrected chi connectivity index (χ3v) is 2.52. The van der Waals surface area contributed by atoms with Crippen LogP contribution in [0.1, 0.15) is 12.1 Å². The molecule has 1 aromatic heterocycles. The molecule has 0 atom stereocenters. The predicted octanol–water partition coefficient (Wildman–Crippen LogP) is 3.87. The Hall–Kier alpha value is -0.900. The Balaban J connectivity index is 2.68. The van der Waals surface area contributed by atoms with Crippen LogP contribution in [0.5, 0.6) is 0 Å². The van der Waals surface area contributed by atoms with Crippen molar-refractivity contribution in [3.63, 3.8) is 0 Å². The molecular formula is C9H6BrF2N. The molecule has 0 aliphatic rings. The highest BCUT2D eigenvalue weighted by Crippen LogP contribution is 2.27. The number of hydrogen-bond donors (Lipinski definition) is 1. The van der Waals surface area contributed by atoms with E-state index in [0.717, 1.165) is 15.4 Å². The van der Waals surface area contributed by atoms with E-state index in [1.165, 1.54) is 6.07 Å². The fourth-order valence-electron chi connectivity index (χ4n) is 1.26. The van der Waals surface area contributed by atoms with Crippen molar-refractivity contribution >= 4 is 26.8 Å². The molecule has 0 amide bonds. The molecule has 1 heterocycles. The van der Waals surface area contributed by atoms with Crippen molar-refractivity contribution in [1.29, 1.82) is 0 Å². The zero-order valence-electron chi connectivity index (χ0n) is 6.52. The van der Waals surface area contributed by atoms with Crippen LogP contribution in [0.2, 0.25) is 0 Å². The Morgan fingerprint density at radius 1 is 1.31 bits per heavy atom. The highest BCUT2D eigenvalue weighted by molar-refractivity contribution is 9.10. The lowest BCUT2D eigenvalue weighted by molar-refractivity contribution is 0.147. The van der Waals surface area contributed by atoms with E-state index in [2.05, 4.69) is 20.9 Å². The highest BCUT2D eigenvalue weighted by atomic mass is 79.9. The molecule has 1 aromatic carbocycles. The average molecular weight is 246 g/mol. The highest BCUT2D eigenvalue weighted by Gasteiger charge is 2.11. The zero-order valence-corrected chi connectivity index (χ0v) is 8.11. The van der Waals surface area contributed by atoms with Crippen molar-refractivity contribution in [2.45, 2.75) is 6.43 Å². The number of rotatable bonds is 1. The summed E-state index contributed by atoms with van der Waals surface area (Å²) in [6.07, 6.45) is -2.45. The van der Waals surface area contributed by atoms with Gasteiger partial charge in [-0.1, -0.05) is 12.1 Å². The molecule has 13 heavy (non-hydrogen) atoms. The van der Waals surface area contributed by atoms with Gasteiger partial charge in [-0.3, -0.25) is 0 Å². The van der Waals surface area contributed by atoms with Crippen LogP contribution in [0.3, 0.4) is 0 Å². The van der Waals surface area contributed by atoms with Gasteiger partial charge in [0.05, 0.1) is 11.2 Å². The second-order valence-corrected chi connectivity index (χ2v) is 3.58. The van der Waals surface area contributed by atoms with Crippen LogP contribution in [0, 0.1) is 0 Å². The summed E-state index contributed by atoms with van der Waals surface area (Å²) in [6.45, 7) is 0. The molecule has 0 aliphatic heterocycles. The van der Waals surface area contributed by atoms with Crippen molar-refractivity contribution in [1.82, 2.24) is 4.98 Å². The Morgan fingerprint density at radius 2 is 2.08 bits per heavy atom. The summed E-state index contributed by atoms with van der Waals surface area (Å²) in [6, 6.07) is 6.89. The molecule has 0 saturated carbocycles. The lowest BCUT2D eigenvalue weighted by Gasteiger charge is -1.92. The van der Waals surface area contributed by atoms with Gasteiger partial charge in [0.1, 0.15) is 0 Å². The summed E-state index contributed by atoms with van der Waals surface area (Å²) in [5.74, 6) is 0. The number of halogens is 3. The second-order valence-electron chi connectivity index (χ2n) is 2.73. The predicted molar refractivity (Wildman–Crippen MR) is 51.0 cm³/mol. The van der Waals surface area contributed by atoms with E-state index >= 15 is 0 Å². The maximum absolute atomic E-state index is 12.3. The molecule has 0 bridgehead atoms. The number of H-pyrrole nitrogens is 1. The number of benzene rings is 1. The van der Waals surface area contributed by atoms with Crippen molar-refractivity contribution < 1.29 is 8.78 Å². The van der Waals surface area contributed by atoms with E-state index in [9.17, 15) is 8.78 Å². The van der Waals surface area contributed by atoms with Gasteiger partial charge >= 0.3 is 0 Å². The van der Waals surface area contributed by atoms with E-state index in [1.54, 1.807) is 6.07 Å². The molecule has 1 nitrogen and oxygen atoms in total. The lowest BCUT2D eigenvalue weighted by Crippen LogP contribution is -1.81. The Morgan fingerprint density at radius 3 is 2.69 bits per heavy atom. The van der Waals surface area contributed by atoms with E-state index < -0.39 is 6.43 Å². The number of aromatic amines is 1. The Bertz CT molecular complexity index is 436. The number of para-hydroxylation sites is 1. The summed E-state index contributed by atoms with van der Waals surface area (Å²) in [7, 11) is 0. The molecule has 4 heteroatoms. The van der Waals surface area contributed by atoms with Gasteiger partial charge in [0.15, 0.2) is 0 Å². The standard InChI is InChI=1S/C9H6BrF2N/c10-6-3-1-2-5-4-7(9(11)12)13-8(5)6/h1-4,9,13H. The first-order valence-corrected chi connectivity index (χ1v) is 4.53. The van der Waals surface area contributed by atoms with Gasteiger partial charge in [0.25, 0.3) is 6.43 Å². The van der Waals surface area contributed by atoms with Crippen molar-refractivity contribution in [3.05, 3.63) is 34.4 Å². The van der Waals surface area contributed by atoms with Crippen LogP contribution >= 0.6 is 15.9 Å². The first-order valence-electron chi connectivity index (χ1n) is 3.74. The van der Waals surface area contributed by atoms with Gasteiger partial charge < -0.3 is 4.98 Å². The second kappa shape index (κ2) is 3.10. The normalized spacial score (nSPS) is 11.4. The molecule has 0 fully saturated rings. The first-order chi connectivity index (χ1) is 6.18. The van der Waals surface area contributed by atoms with Crippen molar-refractivity contribution in [2.24, 2.45) is 0 Å². The van der Waals surface area contributed by atoms with Gasteiger partial charge in [-0.25, -0.2) is 8.78 Å². The molecular weight excluding hydrogens is 240 g/mol. The topological polar surface area (TPSA) is 15.8 Å². The van der Waals surface area contributed by atoms with E-state index in [4.69, 9.17) is 0 Å². The number of fused-ring (bicyclic) bond motifs is 1. The van der Waals surface area contributed by atoms with Gasteiger partial charge in [0, 0.05) is 9.86 Å². The van der Waals surface area contributed by atoms with E-state index in [-0.39, 0.29) is 5.69 Å². The lowest BCUT2D eigenvalue weighted by atomic mass is 10.2. The van der Waals surface area contributed by atoms with Crippen LogP contribution in [0.4, 0.5) is 8.78 Å². The van der Waals surface area contributed by atoms with Crippen LogP contribution < -0.4 is 0 Å². The first kappa shape index (κ1) is 8.69. The Labute approximate surface area is 81.9 Å².